The Balaban J connectivity index is 2.09. The lowest BCUT2D eigenvalue weighted by Gasteiger charge is -2.16. The molecule has 1 atom stereocenters. The predicted molar refractivity (Wildman–Crippen MR) is 69.6 cm³/mol. The fraction of sp³-hybridized carbons (Fsp3) is 0.429. The molecule has 1 aliphatic rings. The van der Waals surface area contributed by atoms with Gasteiger partial charge in [-0.2, -0.15) is 0 Å². The summed E-state index contributed by atoms with van der Waals surface area (Å²) in [6.07, 6.45) is 0.215. The van der Waals surface area contributed by atoms with E-state index >= 15 is 0 Å². The Hall–Kier alpha value is -1.88. The first-order valence-corrected chi connectivity index (χ1v) is 6.11. The third kappa shape index (κ3) is 2.93. The van der Waals surface area contributed by atoms with E-state index in [0.29, 0.717) is 13.2 Å². The van der Waals surface area contributed by atoms with E-state index in [-0.39, 0.29) is 24.2 Å². The van der Waals surface area contributed by atoms with Crippen molar-refractivity contribution in [1.29, 1.82) is 0 Å². The van der Waals surface area contributed by atoms with E-state index < -0.39 is 0 Å². The van der Waals surface area contributed by atoms with Crippen LogP contribution in [0.4, 0.5) is 5.69 Å². The number of rotatable bonds is 4. The number of ether oxygens (including phenoxy) is 2. The summed E-state index contributed by atoms with van der Waals surface area (Å²) in [5, 5.41) is 0. The number of esters is 1. The maximum absolute atomic E-state index is 11.9. The highest BCUT2D eigenvalue weighted by atomic mass is 16.5. The fourth-order valence-corrected chi connectivity index (χ4v) is 2.22. The monoisotopic (exact) mass is 263 g/mol. The zero-order chi connectivity index (χ0) is 13.8. The first-order valence-electron chi connectivity index (χ1n) is 6.11. The second kappa shape index (κ2) is 5.84. The van der Waals surface area contributed by atoms with Gasteiger partial charge in [0, 0.05) is 25.8 Å². The van der Waals surface area contributed by atoms with E-state index in [9.17, 15) is 9.59 Å². The van der Waals surface area contributed by atoms with Crippen molar-refractivity contribution >= 4 is 17.6 Å². The van der Waals surface area contributed by atoms with Gasteiger partial charge in [0.25, 0.3) is 0 Å². The van der Waals surface area contributed by atoms with Crippen LogP contribution in [0, 0.1) is 5.92 Å². The van der Waals surface area contributed by atoms with Crippen LogP contribution in [0.5, 0.6) is 0 Å². The average Bonchev–Trinajstić information content (AvgIpc) is 2.81. The fourth-order valence-electron chi connectivity index (χ4n) is 2.22. The van der Waals surface area contributed by atoms with Crippen LogP contribution in [0.15, 0.2) is 24.3 Å². The molecule has 19 heavy (non-hydrogen) atoms. The molecule has 0 bridgehead atoms. The van der Waals surface area contributed by atoms with Crippen molar-refractivity contribution in [2.45, 2.75) is 13.0 Å². The van der Waals surface area contributed by atoms with Gasteiger partial charge in [0.15, 0.2) is 0 Å². The number of amides is 1. The molecular weight excluding hydrogens is 246 g/mol. The molecule has 0 aromatic heterocycles. The van der Waals surface area contributed by atoms with Gasteiger partial charge < -0.3 is 14.4 Å². The van der Waals surface area contributed by atoms with Crippen molar-refractivity contribution in [2.75, 3.05) is 25.7 Å². The van der Waals surface area contributed by atoms with Crippen LogP contribution < -0.4 is 4.90 Å². The summed E-state index contributed by atoms with van der Waals surface area (Å²) in [5.74, 6) is -0.738. The molecule has 1 amide bonds. The third-order valence-electron chi connectivity index (χ3n) is 3.22. The minimum atomic E-state index is -0.365. The van der Waals surface area contributed by atoms with Gasteiger partial charge in [0.1, 0.15) is 0 Å². The second-order valence-corrected chi connectivity index (χ2v) is 4.53. The van der Waals surface area contributed by atoms with Crippen LogP contribution in [0.1, 0.15) is 12.0 Å². The third-order valence-corrected chi connectivity index (χ3v) is 3.22. The Kier molecular flexibility index (Phi) is 4.16. The summed E-state index contributed by atoms with van der Waals surface area (Å²) in [7, 11) is 2.98. The number of benzene rings is 1. The van der Waals surface area contributed by atoms with Crippen molar-refractivity contribution in [2.24, 2.45) is 5.92 Å². The molecule has 1 aliphatic heterocycles. The number of hydrogen-bond acceptors (Lipinski definition) is 4. The Labute approximate surface area is 112 Å². The molecule has 1 saturated heterocycles. The zero-order valence-corrected chi connectivity index (χ0v) is 11.1. The van der Waals surface area contributed by atoms with Crippen molar-refractivity contribution in [3.8, 4) is 0 Å². The molecule has 5 heteroatoms. The van der Waals surface area contributed by atoms with Crippen LogP contribution in [-0.2, 0) is 25.7 Å². The Morgan fingerprint density at radius 2 is 2.00 bits per heavy atom. The van der Waals surface area contributed by atoms with Crippen LogP contribution >= 0.6 is 0 Å². The highest BCUT2D eigenvalue weighted by Gasteiger charge is 2.35. The highest BCUT2D eigenvalue weighted by molar-refractivity contribution is 5.99. The predicted octanol–water partition coefficient (Wildman–Crippen LogP) is 1.36. The van der Waals surface area contributed by atoms with Gasteiger partial charge in [0.2, 0.25) is 5.91 Å². The lowest BCUT2D eigenvalue weighted by Crippen LogP contribution is -2.26. The van der Waals surface area contributed by atoms with Crippen molar-refractivity contribution < 1.29 is 19.1 Å². The summed E-state index contributed by atoms with van der Waals surface area (Å²) in [6.45, 7) is 0.925. The van der Waals surface area contributed by atoms with Crippen molar-refractivity contribution in [3.05, 3.63) is 29.8 Å². The van der Waals surface area contributed by atoms with Crippen molar-refractivity contribution in [1.82, 2.24) is 0 Å². The Bertz CT molecular complexity index is 469. The molecule has 1 aromatic rings. The van der Waals surface area contributed by atoms with E-state index in [2.05, 4.69) is 4.74 Å². The average molecular weight is 263 g/mol. The molecule has 5 nitrogen and oxygen atoms in total. The van der Waals surface area contributed by atoms with Crippen molar-refractivity contribution in [3.63, 3.8) is 0 Å². The molecule has 0 aliphatic carbocycles. The molecule has 102 valence electrons. The van der Waals surface area contributed by atoms with Crippen LogP contribution in [0.3, 0.4) is 0 Å². The summed E-state index contributed by atoms with van der Waals surface area (Å²) < 4.78 is 9.72. The minimum absolute atomic E-state index is 0.0464. The SMILES string of the molecule is COCc1ccc(N2CC(C(=O)OC)CC2=O)cc1. The lowest BCUT2D eigenvalue weighted by atomic mass is 10.1. The van der Waals surface area contributed by atoms with E-state index in [1.807, 2.05) is 24.3 Å². The van der Waals surface area contributed by atoms with E-state index in [1.165, 1.54) is 7.11 Å². The molecule has 2 rings (SSSR count). The van der Waals surface area contributed by atoms with Crippen LogP contribution in [0.2, 0.25) is 0 Å². The standard InChI is InChI=1S/C14H17NO4/c1-18-9-10-3-5-12(6-4-10)15-8-11(7-13(15)16)14(17)19-2/h3-6,11H,7-9H2,1-2H3. The lowest BCUT2D eigenvalue weighted by molar-refractivity contribution is -0.145. The number of nitrogens with zero attached hydrogens (tertiary/aromatic N) is 1. The topological polar surface area (TPSA) is 55.8 Å². The maximum atomic E-state index is 11.9. The normalized spacial score (nSPS) is 18.7. The van der Waals surface area contributed by atoms with Gasteiger partial charge in [0.05, 0.1) is 19.6 Å². The first-order chi connectivity index (χ1) is 9.15. The summed E-state index contributed by atoms with van der Waals surface area (Å²) in [6, 6.07) is 7.56. The van der Waals surface area contributed by atoms with Gasteiger partial charge in [-0.1, -0.05) is 12.1 Å². The number of carbonyl (C=O) groups is 2. The van der Waals surface area contributed by atoms with Gasteiger partial charge >= 0.3 is 5.97 Å². The second-order valence-electron chi connectivity index (χ2n) is 4.53. The van der Waals surface area contributed by atoms with Crippen LogP contribution in [-0.4, -0.2) is 32.6 Å². The molecular formula is C14H17NO4. The molecule has 0 N–H and O–H groups in total. The van der Waals surface area contributed by atoms with Crippen LogP contribution in [0.25, 0.3) is 0 Å². The Morgan fingerprint density at radius 1 is 1.32 bits per heavy atom. The highest BCUT2D eigenvalue weighted by Crippen LogP contribution is 2.26. The summed E-state index contributed by atoms with van der Waals surface area (Å²) in [5.41, 5.74) is 1.85. The van der Waals surface area contributed by atoms with E-state index in [1.54, 1.807) is 12.0 Å². The van der Waals surface area contributed by atoms with Gasteiger partial charge in [-0.05, 0) is 17.7 Å². The van der Waals surface area contributed by atoms with Gasteiger partial charge in [-0.15, -0.1) is 0 Å². The van der Waals surface area contributed by atoms with Gasteiger partial charge in [-0.25, -0.2) is 0 Å². The number of carbonyl (C=O) groups excluding carboxylic acids is 2. The molecule has 0 saturated carbocycles. The quantitative estimate of drug-likeness (QED) is 0.770. The number of anilines is 1. The molecule has 1 fully saturated rings. The van der Waals surface area contributed by atoms with Gasteiger partial charge in [-0.3, -0.25) is 9.59 Å². The zero-order valence-electron chi connectivity index (χ0n) is 11.1. The minimum Gasteiger partial charge on any atom is -0.469 e. The number of hydrogen-bond donors (Lipinski definition) is 0. The molecule has 0 radical (unpaired) electrons. The summed E-state index contributed by atoms with van der Waals surface area (Å²) in [4.78, 5) is 25.0. The first kappa shape index (κ1) is 13.5. The molecule has 1 heterocycles. The Morgan fingerprint density at radius 3 is 2.58 bits per heavy atom. The summed E-state index contributed by atoms with van der Waals surface area (Å²) >= 11 is 0. The smallest absolute Gasteiger partial charge is 0.311 e. The van der Waals surface area contributed by atoms with E-state index in [0.717, 1.165) is 11.3 Å². The maximum Gasteiger partial charge on any atom is 0.311 e. The van der Waals surface area contributed by atoms with E-state index in [4.69, 9.17) is 4.74 Å². The number of methoxy groups -OCH3 is 2. The molecule has 1 aromatic carbocycles. The largest absolute Gasteiger partial charge is 0.469 e. The molecule has 1 unspecified atom stereocenters. The molecule has 0 spiro atoms.